The maximum absolute atomic E-state index is 2.59. The number of benzene rings is 5. The summed E-state index contributed by atoms with van der Waals surface area (Å²) in [7, 11) is 0. The molecule has 0 aromatic heterocycles. The van der Waals surface area contributed by atoms with Crippen LogP contribution in [0.25, 0.3) is 0 Å². The highest BCUT2D eigenvalue weighted by atomic mass is 15.2. The summed E-state index contributed by atoms with van der Waals surface area (Å²) in [5.41, 5.74) is 16.3. The number of hydrogen-bond donors (Lipinski definition) is 0. The van der Waals surface area contributed by atoms with Gasteiger partial charge in [-0.2, -0.15) is 0 Å². The quantitative estimate of drug-likeness (QED) is 0.185. The zero-order valence-corrected chi connectivity index (χ0v) is 27.1. The van der Waals surface area contributed by atoms with Crippen molar-refractivity contribution < 1.29 is 0 Å². The third kappa shape index (κ3) is 4.71. The molecule has 0 spiro atoms. The summed E-state index contributed by atoms with van der Waals surface area (Å²) >= 11 is 0. The molecule has 0 saturated heterocycles. The molecule has 0 N–H and O–H groups in total. The smallest absolute Gasteiger partial charge is 0.252 e. The molecule has 45 heavy (non-hydrogen) atoms. The Bertz CT molecular complexity index is 1850. The zero-order chi connectivity index (χ0) is 30.7. The van der Waals surface area contributed by atoms with Crippen LogP contribution in [0.15, 0.2) is 109 Å². The summed E-state index contributed by atoms with van der Waals surface area (Å²) < 4.78 is 0. The van der Waals surface area contributed by atoms with Crippen LogP contribution in [0.1, 0.15) is 94.2 Å². The number of rotatable bonds is 5. The fourth-order valence-electron chi connectivity index (χ4n) is 8.16. The highest BCUT2D eigenvalue weighted by Gasteiger charge is 2.43. The Morgan fingerprint density at radius 2 is 1.11 bits per heavy atom. The molecule has 0 unspecified atom stereocenters. The minimum Gasteiger partial charge on any atom is -0.311 e. The number of nitrogens with zero attached hydrogens (tertiary/aromatic N) is 2. The van der Waals surface area contributed by atoms with Crippen LogP contribution in [-0.4, -0.2) is 6.71 Å². The first kappa shape index (κ1) is 28.3. The molecule has 0 radical (unpaired) electrons. The van der Waals surface area contributed by atoms with E-state index in [1.165, 1.54) is 99.3 Å². The van der Waals surface area contributed by atoms with Crippen LogP contribution in [-0.2, 0) is 0 Å². The minimum atomic E-state index is 0.173. The molecule has 0 atom stereocenters. The molecule has 0 bridgehead atoms. The lowest BCUT2D eigenvalue weighted by molar-refractivity contribution is 0.444. The van der Waals surface area contributed by atoms with E-state index in [0.717, 1.165) is 0 Å². The molecule has 1 saturated carbocycles. The van der Waals surface area contributed by atoms with Crippen molar-refractivity contribution in [3.05, 3.63) is 126 Å². The largest absolute Gasteiger partial charge is 0.311 e. The fraction of sp³-hybridized carbons (Fsp3) is 0.286. The summed E-state index contributed by atoms with van der Waals surface area (Å²) in [6, 6.07) is 41.9. The Labute approximate surface area is 269 Å². The topological polar surface area (TPSA) is 6.48 Å². The van der Waals surface area contributed by atoms with E-state index in [9.17, 15) is 0 Å². The molecule has 5 aromatic carbocycles. The van der Waals surface area contributed by atoms with Gasteiger partial charge in [-0.1, -0.05) is 108 Å². The van der Waals surface area contributed by atoms with Gasteiger partial charge in [-0.25, -0.2) is 0 Å². The van der Waals surface area contributed by atoms with Crippen molar-refractivity contribution in [2.75, 3.05) is 9.80 Å². The van der Waals surface area contributed by atoms with E-state index in [1.807, 2.05) is 0 Å². The summed E-state index contributed by atoms with van der Waals surface area (Å²) in [5, 5.41) is 0. The Morgan fingerprint density at radius 3 is 1.78 bits per heavy atom. The van der Waals surface area contributed by atoms with Crippen LogP contribution < -0.4 is 26.2 Å². The van der Waals surface area contributed by atoms with Gasteiger partial charge in [-0.05, 0) is 112 Å². The third-order valence-electron chi connectivity index (χ3n) is 10.6. The van der Waals surface area contributed by atoms with E-state index in [1.54, 1.807) is 0 Å². The van der Waals surface area contributed by atoms with Gasteiger partial charge in [0.15, 0.2) is 0 Å². The van der Waals surface area contributed by atoms with Gasteiger partial charge in [-0.3, -0.25) is 0 Å². The average Bonchev–Trinajstić information content (AvgIpc) is 3.08. The van der Waals surface area contributed by atoms with Gasteiger partial charge in [0.1, 0.15) is 0 Å². The SMILES string of the molecule is CC(C)c1ccc(N2c3ccc(C(C)C)cc3B3c4ccccc4N(c4ccccc4)c4cc(C5CCCCC5)cc2c43)cc1. The van der Waals surface area contributed by atoms with Crippen molar-refractivity contribution in [2.45, 2.75) is 77.6 Å². The van der Waals surface area contributed by atoms with Gasteiger partial charge in [0, 0.05) is 34.1 Å². The molecule has 3 heteroatoms. The highest BCUT2D eigenvalue weighted by molar-refractivity contribution is 7.00. The Morgan fingerprint density at radius 1 is 0.533 bits per heavy atom. The molecule has 8 rings (SSSR count). The van der Waals surface area contributed by atoms with Gasteiger partial charge in [0.25, 0.3) is 6.71 Å². The molecular weight excluding hydrogens is 543 g/mol. The van der Waals surface area contributed by atoms with Gasteiger partial charge in [0.2, 0.25) is 0 Å². The van der Waals surface area contributed by atoms with E-state index in [2.05, 4.69) is 147 Å². The van der Waals surface area contributed by atoms with Crippen LogP contribution in [0, 0.1) is 0 Å². The van der Waals surface area contributed by atoms with Crippen LogP contribution in [0.3, 0.4) is 0 Å². The molecular formula is C42H43BN2. The first-order valence-electron chi connectivity index (χ1n) is 17.2. The summed E-state index contributed by atoms with van der Waals surface area (Å²) in [4.78, 5) is 5.14. The molecule has 2 heterocycles. The lowest BCUT2D eigenvalue weighted by Gasteiger charge is -2.45. The van der Waals surface area contributed by atoms with Crippen molar-refractivity contribution in [1.82, 2.24) is 0 Å². The van der Waals surface area contributed by atoms with Gasteiger partial charge >= 0.3 is 0 Å². The van der Waals surface area contributed by atoms with Crippen LogP contribution in [0.2, 0.25) is 0 Å². The van der Waals surface area contributed by atoms with E-state index in [-0.39, 0.29) is 6.71 Å². The number of anilines is 6. The maximum Gasteiger partial charge on any atom is 0.252 e. The summed E-state index contributed by atoms with van der Waals surface area (Å²) in [5.74, 6) is 1.57. The predicted molar refractivity (Wildman–Crippen MR) is 194 cm³/mol. The molecule has 5 aromatic rings. The Kier molecular flexibility index (Phi) is 7.09. The number of para-hydroxylation sites is 2. The van der Waals surface area contributed by atoms with E-state index in [4.69, 9.17) is 0 Å². The second-order valence-electron chi connectivity index (χ2n) is 14.0. The van der Waals surface area contributed by atoms with Gasteiger partial charge in [0.05, 0.1) is 0 Å². The molecule has 0 amide bonds. The van der Waals surface area contributed by atoms with E-state index >= 15 is 0 Å². The van der Waals surface area contributed by atoms with Crippen molar-refractivity contribution >= 4 is 57.2 Å². The fourth-order valence-corrected chi connectivity index (χ4v) is 8.16. The maximum atomic E-state index is 2.59. The monoisotopic (exact) mass is 586 g/mol. The Balaban J connectivity index is 1.46. The van der Waals surface area contributed by atoms with Crippen molar-refractivity contribution in [2.24, 2.45) is 0 Å². The molecule has 2 nitrogen and oxygen atoms in total. The second-order valence-corrected chi connectivity index (χ2v) is 14.0. The number of fused-ring (bicyclic) bond motifs is 4. The summed E-state index contributed by atoms with van der Waals surface area (Å²) in [6.45, 7) is 9.36. The number of hydrogen-bond acceptors (Lipinski definition) is 2. The van der Waals surface area contributed by atoms with Crippen molar-refractivity contribution in [1.29, 1.82) is 0 Å². The molecule has 1 fully saturated rings. The zero-order valence-electron chi connectivity index (χ0n) is 27.1. The lowest BCUT2D eigenvalue weighted by Crippen LogP contribution is -2.61. The van der Waals surface area contributed by atoms with E-state index in [0.29, 0.717) is 17.8 Å². The predicted octanol–water partition coefficient (Wildman–Crippen LogP) is 10.1. The van der Waals surface area contributed by atoms with Crippen LogP contribution in [0.5, 0.6) is 0 Å². The van der Waals surface area contributed by atoms with Crippen molar-refractivity contribution in [3.8, 4) is 0 Å². The van der Waals surface area contributed by atoms with E-state index < -0.39 is 0 Å². The Hall–Kier alpha value is -4.24. The molecule has 3 aliphatic rings. The molecule has 224 valence electrons. The first-order valence-corrected chi connectivity index (χ1v) is 17.2. The van der Waals surface area contributed by atoms with Crippen molar-refractivity contribution in [3.63, 3.8) is 0 Å². The van der Waals surface area contributed by atoms with Crippen LogP contribution >= 0.6 is 0 Å². The highest BCUT2D eigenvalue weighted by Crippen LogP contribution is 2.47. The lowest BCUT2D eigenvalue weighted by atomic mass is 9.33. The minimum absolute atomic E-state index is 0.173. The van der Waals surface area contributed by atoms with Crippen LogP contribution in [0.4, 0.5) is 34.1 Å². The third-order valence-corrected chi connectivity index (χ3v) is 10.6. The second kappa shape index (κ2) is 11.3. The van der Waals surface area contributed by atoms with Gasteiger partial charge < -0.3 is 9.80 Å². The van der Waals surface area contributed by atoms with Gasteiger partial charge in [-0.15, -0.1) is 0 Å². The molecule has 2 aliphatic heterocycles. The average molecular weight is 587 g/mol. The molecule has 1 aliphatic carbocycles. The summed E-state index contributed by atoms with van der Waals surface area (Å²) in [6.07, 6.45) is 6.57. The normalized spacial score (nSPS) is 15.7. The first-order chi connectivity index (χ1) is 22.0. The standard InChI is InChI=1S/C42H43BN2/c1-28(2)30-19-22-35(23-20-30)45-39-24-21-32(29(3)4)25-37(39)43-36-17-11-12-18-38(36)44(34-15-9-6-10-16-34)40-26-33(27-41(45)42(40)43)31-13-7-5-8-14-31/h6,9-12,15-29,31H,5,7-8,13-14H2,1-4H3.